The molecular formula is C7H12N2O3S. The predicted octanol–water partition coefficient (Wildman–Crippen LogP) is -0.367. The zero-order chi connectivity index (χ0) is 10.0. The minimum Gasteiger partial charge on any atom is -0.465 e. The maximum Gasteiger partial charge on any atom is 0.407 e. The fourth-order valence-electron chi connectivity index (χ4n) is 1.44. The Kier molecular flexibility index (Phi) is 3.05. The van der Waals surface area contributed by atoms with Crippen LogP contribution in [0.4, 0.5) is 4.79 Å². The van der Waals surface area contributed by atoms with Gasteiger partial charge in [0.1, 0.15) is 0 Å². The Morgan fingerprint density at radius 2 is 2.23 bits per heavy atom. The highest BCUT2D eigenvalue weighted by atomic mass is 32.1. The number of thiocarbonyl (C=S) groups is 1. The van der Waals surface area contributed by atoms with Gasteiger partial charge in [-0.25, -0.2) is 4.79 Å². The number of nitrogens with zero attached hydrogens (tertiary/aromatic N) is 1. The van der Waals surface area contributed by atoms with E-state index in [1.165, 1.54) is 4.90 Å². The zero-order valence-corrected chi connectivity index (χ0v) is 7.83. The van der Waals surface area contributed by atoms with Crippen molar-refractivity contribution in [2.75, 3.05) is 13.1 Å². The monoisotopic (exact) mass is 204 g/mol. The molecule has 1 aliphatic heterocycles. The Morgan fingerprint density at radius 1 is 1.62 bits per heavy atom. The van der Waals surface area contributed by atoms with E-state index in [9.17, 15) is 9.90 Å². The molecule has 0 radical (unpaired) electrons. The van der Waals surface area contributed by atoms with Crippen LogP contribution in [0.15, 0.2) is 0 Å². The van der Waals surface area contributed by atoms with E-state index in [4.69, 9.17) is 23.1 Å². The van der Waals surface area contributed by atoms with E-state index in [0.717, 1.165) is 0 Å². The third-order valence-corrected chi connectivity index (χ3v) is 2.52. The van der Waals surface area contributed by atoms with E-state index >= 15 is 0 Å². The zero-order valence-electron chi connectivity index (χ0n) is 7.01. The van der Waals surface area contributed by atoms with Crippen LogP contribution >= 0.6 is 12.2 Å². The predicted molar refractivity (Wildman–Crippen MR) is 50.5 cm³/mol. The number of rotatable bonds is 1. The van der Waals surface area contributed by atoms with Gasteiger partial charge in [0.05, 0.1) is 17.6 Å². The van der Waals surface area contributed by atoms with E-state index in [1.54, 1.807) is 0 Å². The third-order valence-electron chi connectivity index (χ3n) is 2.22. The van der Waals surface area contributed by atoms with Crippen molar-refractivity contribution >= 4 is 23.3 Å². The number of carboxylic acid groups (broad SMARTS) is 1. The summed E-state index contributed by atoms with van der Waals surface area (Å²) in [5, 5.41) is 18.1. The van der Waals surface area contributed by atoms with E-state index in [2.05, 4.69) is 0 Å². The molecule has 0 saturated carbocycles. The van der Waals surface area contributed by atoms with Gasteiger partial charge in [-0.3, -0.25) is 0 Å². The Hall–Kier alpha value is -0.880. The second-order valence-corrected chi connectivity index (χ2v) is 3.56. The lowest BCUT2D eigenvalue weighted by Gasteiger charge is -2.33. The highest BCUT2D eigenvalue weighted by Gasteiger charge is 2.31. The number of amides is 1. The molecule has 2 atom stereocenters. The minimum absolute atomic E-state index is 0.0946. The first-order chi connectivity index (χ1) is 6.02. The molecule has 0 spiro atoms. The van der Waals surface area contributed by atoms with E-state index < -0.39 is 12.2 Å². The maximum absolute atomic E-state index is 10.5. The van der Waals surface area contributed by atoms with Crippen LogP contribution in [0.2, 0.25) is 0 Å². The summed E-state index contributed by atoms with van der Waals surface area (Å²) < 4.78 is 0. The van der Waals surface area contributed by atoms with Gasteiger partial charge in [0, 0.05) is 12.5 Å². The maximum atomic E-state index is 10.5. The molecule has 13 heavy (non-hydrogen) atoms. The molecule has 2 unspecified atom stereocenters. The van der Waals surface area contributed by atoms with Crippen LogP contribution in [0.25, 0.3) is 0 Å². The van der Waals surface area contributed by atoms with Gasteiger partial charge in [0.2, 0.25) is 0 Å². The molecule has 0 aromatic heterocycles. The van der Waals surface area contributed by atoms with E-state index in [0.29, 0.717) is 13.0 Å². The van der Waals surface area contributed by atoms with Crippen LogP contribution in [0.3, 0.4) is 0 Å². The molecular weight excluding hydrogens is 192 g/mol. The molecule has 4 N–H and O–H groups in total. The summed E-state index contributed by atoms with van der Waals surface area (Å²) in [5.41, 5.74) is 5.38. The Bertz CT molecular complexity index is 234. The largest absolute Gasteiger partial charge is 0.465 e. The number of nitrogens with two attached hydrogens (primary N) is 1. The van der Waals surface area contributed by atoms with E-state index in [1.807, 2.05) is 0 Å². The molecule has 1 rings (SSSR count). The van der Waals surface area contributed by atoms with Crippen molar-refractivity contribution in [1.29, 1.82) is 0 Å². The molecule has 5 nitrogen and oxygen atoms in total. The van der Waals surface area contributed by atoms with Crippen molar-refractivity contribution in [3.63, 3.8) is 0 Å². The van der Waals surface area contributed by atoms with E-state index in [-0.39, 0.29) is 17.5 Å². The Morgan fingerprint density at radius 3 is 2.62 bits per heavy atom. The second kappa shape index (κ2) is 3.89. The lowest BCUT2D eigenvalue weighted by atomic mass is 9.94. The smallest absolute Gasteiger partial charge is 0.407 e. The van der Waals surface area contributed by atoms with Crippen molar-refractivity contribution in [2.24, 2.45) is 11.7 Å². The Balaban J connectivity index is 2.56. The molecule has 74 valence electrons. The molecule has 1 amide bonds. The number of carbonyl (C=O) groups is 1. The SMILES string of the molecule is NC(=S)C1CCN(C(=O)O)CC1O. The van der Waals surface area contributed by atoms with Gasteiger partial charge in [-0.1, -0.05) is 12.2 Å². The van der Waals surface area contributed by atoms with Crippen molar-refractivity contribution in [1.82, 2.24) is 4.90 Å². The van der Waals surface area contributed by atoms with Crippen LogP contribution in [0, 0.1) is 5.92 Å². The average Bonchev–Trinajstić information content (AvgIpc) is 2.03. The number of aliphatic hydroxyl groups excluding tert-OH is 1. The molecule has 0 aromatic carbocycles. The average molecular weight is 204 g/mol. The van der Waals surface area contributed by atoms with Gasteiger partial charge in [-0.05, 0) is 6.42 Å². The van der Waals surface area contributed by atoms with Gasteiger partial charge in [0.25, 0.3) is 0 Å². The number of hydrogen-bond donors (Lipinski definition) is 3. The number of β-amino-alcohol motifs (C(OH)–C–C–N with tert-alkyl or cyclic N) is 1. The van der Waals surface area contributed by atoms with Crippen molar-refractivity contribution in [2.45, 2.75) is 12.5 Å². The van der Waals surface area contributed by atoms with Gasteiger partial charge in [-0.2, -0.15) is 0 Å². The summed E-state index contributed by atoms with van der Waals surface area (Å²) >= 11 is 4.75. The lowest BCUT2D eigenvalue weighted by molar-refractivity contribution is 0.0471. The lowest BCUT2D eigenvalue weighted by Crippen LogP contribution is -2.49. The number of piperidine rings is 1. The standard InChI is InChI=1S/C7H12N2O3S/c8-6(13)4-1-2-9(7(11)12)3-5(4)10/h4-5,10H,1-3H2,(H2,8,13)(H,11,12). The van der Waals surface area contributed by atoms with Crippen molar-refractivity contribution in [3.05, 3.63) is 0 Å². The Labute approximate surface area is 81.1 Å². The summed E-state index contributed by atoms with van der Waals surface area (Å²) in [5.74, 6) is -0.245. The summed E-state index contributed by atoms with van der Waals surface area (Å²) in [6.07, 6.45) is -1.27. The summed E-state index contributed by atoms with van der Waals surface area (Å²) in [4.78, 5) is 12.0. The van der Waals surface area contributed by atoms with Crippen molar-refractivity contribution in [3.8, 4) is 0 Å². The normalized spacial score (nSPS) is 28.5. The summed E-state index contributed by atoms with van der Waals surface area (Å²) in [6.45, 7) is 0.478. The first-order valence-corrected chi connectivity index (χ1v) is 4.38. The number of hydrogen-bond acceptors (Lipinski definition) is 3. The van der Waals surface area contributed by atoms with Crippen LogP contribution in [0.1, 0.15) is 6.42 Å². The van der Waals surface area contributed by atoms with Gasteiger partial charge in [-0.15, -0.1) is 0 Å². The first-order valence-electron chi connectivity index (χ1n) is 3.97. The highest BCUT2D eigenvalue weighted by molar-refractivity contribution is 7.80. The molecule has 0 aliphatic carbocycles. The van der Waals surface area contributed by atoms with Crippen LogP contribution in [0.5, 0.6) is 0 Å². The molecule has 6 heteroatoms. The molecule has 1 saturated heterocycles. The topological polar surface area (TPSA) is 86.8 Å². The van der Waals surface area contributed by atoms with Gasteiger partial charge >= 0.3 is 6.09 Å². The molecule has 0 bridgehead atoms. The number of aliphatic hydroxyl groups is 1. The molecule has 1 aliphatic rings. The third kappa shape index (κ3) is 2.28. The second-order valence-electron chi connectivity index (χ2n) is 3.09. The summed E-state index contributed by atoms with van der Waals surface area (Å²) in [7, 11) is 0. The fraction of sp³-hybridized carbons (Fsp3) is 0.714. The van der Waals surface area contributed by atoms with Crippen molar-refractivity contribution < 1.29 is 15.0 Å². The van der Waals surface area contributed by atoms with Crippen LogP contribution in [-0.4, -0.2) is 45.4 Å². The summed E-state index contributed by atoms with van der Waals surface area (Å²) in [6, 6.07) is 0. The minimum atomic E-state index is -1.01. The molecule has 1 heterocycles. The van der Waals surface area contributed by atoms with Crippen LogP contribution in [-0.2, 0) is 0 Å². The van der Waals surface area contributed by atoms with Crippen LogP contribution < -0.4 is 5.73 Å². The quantitative estimate of drug-likeness (QED) is 0.507. The molecule has 0 aromatic rings. The van der Waals surface area contributed by atoms with Gasteiger partial charge < -0.3 is 20.8 Å². The fourth-order valence-corrected chi connectivity index (χ4v) is 1.71. The highest BCUT2D eigenvalue weighted by Crippen LogP contribution is 2.17. The first kappa shape index (κ1) is 10.2. The van der Waals surface area contributed by atoms with Gasteiger partial charge in [0.15, 0.2) is 0 Å². The number of likely N-dealkylation sites (tertiary alicyclic amines) is 1. The molecule has 1 fully saturated rings.